The van der Waals surface area contributed by atoms with Gasteiger partial charge in [-0.1, -0.05) is 19.1 Å². The van der Waals surface area contributed by atoms with Crippen LogP contribution in [0.3, 0.4) is 0 Å². The van der Waals surface area contributed by atoms with Crippen LogP contribution in [0.2, 0.25) is 0 Å². The Bertz CT molecular complexity index is 340. The first-order valence-corrected chi connectivity index (χ1v) is 7.25. The van der Waals surface area contributed by atoms with Gasteiger partial charge < -0.3 is 19.5 Å². The van der Waals surface area contributed by atoms with Crippen molar-refractivity contribution in [2.75, 3.05) is 40.6 Å². The molecule has 0 bridgehead atoms. The lowest BCUT2D eigenvalue weighted by Crippen LogP contribution is -2.26. The molecule has 0 aromatic heterocycles. The molecule has 1 aromatic carbocycles. The minimum atomic E-state index is 0.225. The predicted octanol–water partition coefficient (Wildman–Crippen LogP) is 2.79. The second-order valence-corrected chi connectivity index (χ2v) is 4.70. The van der Waals surface area contributed by atoms with E-state index in [4.69, 9.17) is 14.2 Å². The molecule has 1 aromatic rings. The van der Waals surface area contributed by atoms with Crippen LogP contribution in [-0.2, 0) is 9.47 Å². The largest absolute Gasteiger partial charge is 0.497 e. The van der Waals surface area contributed by atoms with Crippen molar-refractivity contribution in [1.82, 2.24) is 5.32 Å². The van der Waals surface area contributed by atoms with Crippen LogP contribution in [0.25, 0.3) is 0 Å². The van der Waals surface area contributed by atoms with Crippen molar-refractivity contribution in [3.63, 3.8) is 0 Å². The van der Waals surface area contributed by atoms with Gasteiger partial charge in [-0.15, -0.1) is 0 Å². The fourth-order valence-electron chi connectivity index (χ4n) is 1.93. The summed E-state index contributed by atoms with van der Waals surface area (Å²) in [4.78, 5) is 0. The molecule has 0 aliphatic carbocycles. The molecule has 0 heterocycles. The van der Waals surface area contributed by atoms with Gasteiger partial charge in [0.25, 0.3) is 0 Å². The van der Waals surface area contributed by atoms with E-state index in [0.29, 0.717) is 6.61 Å². The lowest BCUT2D eigenvalue weighted by Gasteiger charge is -2.19. The molecular formula is C16H27NO3. The molecule has 4 nitrogen and oxygen atoms in total. The summed E-state index contributed by atoms with van der Waals surface area (Å²) in [7, 11) is 3.39. The number of nitrogens with one attached hydrogen (secondary N) is 1. The van der Waals surface area contributed by atoms with Crippen LogP contribution in [0.15, 0.2) is 24.3 Å². The maximum atomic E-state index is 5.73. The second-order valence-electron chi connectivity index (χ2n) is 4.70. The molecule has 1 rings (SSSR count). The maximum absolute atomic E-state index is 5.73. The van der Waals surface area contributed by atoms with Crippen molar-refractivity contribution in [3.8, 4) is 5.75 Å². The van der Waals surface area contributed by atoms with E-state index < -0.39 is 0 Å². The van der Waals surface area contributed by atoms with Gasteiger partial charge in [-0.05, 0) is 37.1 Å². The summed E-state index contributed by atoms with van der Waals surface area (Å²) >= 11 is 0. The Balaban J connectivity index is 2.48. The van der Waals surface area contributed by atoms with Crippen LogP contribution in [0, 0.1) is 0 Å². The van der Waals surface area contributed by atoms with Crippen LogP contribution in [-0.4, -0.2) is 40.6 Å². The molecule has 0 saturated carbocycles. The third kappa shape index (κ3) is 6.37. The second kappa shape index (κ2) is 10.7. The summed E-state index contributed by atoms with van der Waals surface area (Å²) in [6.07, 6.45) is 2.04. The summed E-state index contributed by atoms with van der Waals surface area (Å²) in [5.41, 5.74) is 1.23. The highest BCUT2D eigenvalue weighted by Crippen LogP contribution is 2.18. The van der Waals surface area contributed by atoms with Crippen molar-refractivity contribution >= 4 is 0 Å². The van der Waals surface area contributed by atoms with E-state index in [-0.39, 0.29) is 6.04 Å². The molecule has 1 unspecified atom stereocenters. The minimum absolute atomic E-state index is 0.225. The van der Waals surface area contributed by atoms with E-state index in [1.54, 1.807) is 14.2 Å². The van der Waals surface area contributed by atoms with Crippen molar-refractivity contribution in [1.29, 1.82) is 0 Å². The molecule has 20 heavy (non-hydrogen) atoms. The van der Waals surface area contributed by atoms with Gasteiger partial charge >= 0.3 is 0 Å². The molecule has 0 aliphatic heterocycles. The van der Waals surface area contributed by atoms with Crippen LogP contribution in [0.1, 0.15) is 31.4 Å². The number of hydrogen-bond acceptors (Lipinski definition) is 4. The van der Waals surface area contributed by atoms with Crippen molar-refractivity contribution < 1.29 is 14.2 Å². The summed E-state index contributed by atoms with van der Waals surface area (Å²) in [5.74, 6) is 0.879. The van der Waals surface area contributed by atoms with Gasteiger partial charge in [-0.3, -0.25) is 0 Å². The van der Waals surface area contributed by atoms with Gasteiger partial charge in [-0.25, -0.2) is 0 Å². The lowest BCUT2D eigenvalue weighted by molar-refractivity contribution is 0.0875. The average molecular weight is 281 g/mol. The van der Waals surface area contributed by atoms with Gasteiger partial charge in [0.05, 0.1) is 19.8 Å². The summed E-state index contributed by atoms with van der Waals surface area (Å²) in [6, 6.07) is 8.38. The quantitative estimate of drug-likeness (QED) is 0.633. The fourth-order valence-corrected chi connectivity index (χ4v) is 1.93. The molecule has 114 valence electrons. The number of ether oxygens (including phenoxy) is 3. The Morgan fingerprint density at radius 3 is 2.45 bits per heavy atom. The van der Waals surface area contributed by atoms with E-state index in [0.717, 1.165) is 38.3 Å². The molecule has 0 spiro atoms. The van der Waals surface area contributed by atoms with Crippen molar-refractivity contribution in [2.24, 2.45) is 0 Å². The number of hydrogen-bond donors (Lipinski definition) is 1. The molecule has 1 atom stereocenters. The number of rotatable bonds is 11. The van der Waals surface area contributed by atoms with Crippen LogP contribution < -0.4 is 10.1 Å². The topological polar surface area (TPSA) is 39.7 Å². The van der Waals surface area contributed by atoms with Gasteiger partial charge in [-0.2, -0.15) is 0 Å². The zero-order chi connectivity index (χ0) is 14.6. The molecule has 1 N–H and O–H groups in total. The summed E-state index contributed by atoms with van der Waals surface area (Å²) < 4.78 is 15.9. The molecule has 0 aliphatic rings. The maximum Gasteiger partial charge on any atom is 0.118 e. The standard InChI is InChI=1S/C16H27NO3/c1-4-10-17-16(13-20-12-5-11-18-2)14-6-8-15(19-3)9-7-14/h6-9,16-17H,4-5,10-13H2,1-3H3. The number of methoxy groups -OCH3 is 2. The zero-order valence-electron chi connectivity index (χ0n) is 12.9. The number of benzene rings is 1. The Labute approximate surface area is 122 Å². The first-order valence-electron chi connectivity index (χ1n) is 7.25. The fraction of sp³-hybridized carbons (Fsp3) is 0.625. The third-order valence-electron chi connectivity index (χ3n) is 3.08. The predicted molar refractivity (Wildman–Crippen MR) is 81.3 cm³/mol. The first kappa shape index (κ1) is 17.0. The normalized spacial score (nSPS) is 12.3. The summed E-state index contributed by atoms with van der Waals surface area (Å²) in [6.45, 7) is 5.30. The molecule has 0 amide bonds. The van der Waals surface area contributed by atoms with Crippen molar-refractivity contribution in [3.05, 3.63) is 29.8 Å². The highest BCUT2D eigenvalue weighted by Gasteiger charge is 2.10. The SMILES string of the molecule is CCCNC(COCCCOC)c1ccc(OC)cc1. The average Bonchev–Trinajstić information content (AvgIpc) is 2.50. The van der Waals surface area contributed by atoms with Gasteiger partial charge in [0.15, 0.2) is 0 Å². The lowest BCUT2D eigenvalue weighted by atomic mass is 10.1. The Morgan fingerprint density at radius 1 is 1.10 bits per heavy atom. The van der Waals surface area contributed by atoms with E-state index in [2.05, 4.69) is 24.4 Å². The van der Waals surface area contributed by atoms with Crippen molar-refractivity contribution in [2.45, 2.75) is 25.8 Å². The van der Waals surface area contributed by atoms with Gasteiger partial charge in [0.2, 0.25) is 0 Å². The molecular weight excluding hydrogens is 254 g/mol. The molecule has 4 heteroatoms. The van der Waals surface area contributed by atoms with E-state index in [1.165, 1.54) is 5.56 Å². The van der Waals surface area contributed by atoms with Gasteiger partial charge in [0.1, 0.15) is 5.75 Å². The van der Waals surface area contributed by atoms with E-state index in [9.17, 15) is 0 Å². The molecule has 0 fully saturated rings. The Morgan fingerprint density at radius 2 is 1.85 bits per heavy atom. The van der Waals surface area contributed by atoms with Crippen LogP contribution in [0.5, 0.6) is 5.75 Å². The zero-order valence-corrected chi connectivity index (χ0v) is 12.9. The Kier molecular flexibility index (Phi) is 9.04. The molecule has 0 saturated heterocycles. The first-order chi connectivity index (χ1) is 9.81. The third-order valence-corrected chi connectivity index (χ3v) is 3.08. The van der Waals surface area contributed by atoms with Crippen LogP contribution >= 0.6 is 0 Å². The smallest absolute Gasteiger partial charge is 0.118 e. The summed E-state index contributed by atoms with van der Waals surface area (Å²) in [5, 5.41) is 3.52. The van der Waals surface area contributed by atoms with E-state index in [1.807, 2.05) is 12.1 Å². The minimum Gasteiger partial charge on any atom is -0.497 e. The highest BCUT2D eigenvalue weighted by molar-refractivity contribution is 5.29. The molecule has 0 radical (unpaired) electrons. The van der Waals surface area contributed by atoms with Crippen LogP contribution in [0.4, 0.5) is 0 Å². The Hall–Kier alpha value is -1.10. The van der Waals surface area contributed by atoms with E-state index >= 15 is 0 Å². The monoisotopic (exact) mass is 281 g/mol. The van der Waals surface area contributed by atoms with Gasteiger partial charge in [0, 0.05) is 20.3 Å². The highest BCUT2D eigenvalue weighted by atomic mass is 16.5.